The van der Waals surface area contributed by atoms with E-state index in [9.17, 15) is 0 Å². The normalized spacial score (nSPS) is 12.9. The molecule has 1 aromatic rings. The van der Waals surface area contributed by atoms with Crippen LogP contribution in [0.1, 0.15) is 5.56 Å². The van der Waals surface area contributed by atoms with Crippen molar-refractivity contribution >= 4 is 16.8 Å². The summed E-state index contributed by atoms with van der Waals surface area (Å²) in [6, 6.07) is 10.5. The van der Waals surface area contributed by atoms with Gasteiger partial charge in [0.05, 0.1) is 0 Å². The minimum Gasteiger partial charge on any atom is -0.441 e. The van der Waals surface area contributed by atoms with E-state index in [1.165, 1.54) is 5.56 Å². The quantitative estimate of drug-likeness (QED) is 0.728. The fourth-order valence-electron chi connectivity index (χ4n) is 1.96. The van der Waals surface area contributed by atoms with E-state index < -0.39 is 16.8 Å². The maximum atomic E-state index is 6.34. The Morgan fingerprint density at radius 1 is 1.05 bits per heavy atom. The molecule has 19 heavy (non-hydrogen) atoms. The lowest BCUT2D eigenvalue weighted by Gasteiger charge is -2.37. The Labute approximate surface area is 120 Å². The summed E-state index contributed by atoms with van der Waals surface area (Å²) in [5.74, 6) is 0. The van der Waals surface area contributed by atoms with Crippen LogP contribution in [0.2, 0.25) is 32.7 Å². The molecule has 1 aromatic carbocycles. The molecule has 0 amide bonds. The summed E-state index contributed by atoms with van der Waals surface area (Å²) in [7, 11) is -1.11. The van der Waals surface area contributed by atoms with Gasteiger partial charge in [-0.05, 0) is 58.0 Å². The molecule has 0 heterocycles. The van der Waals surface area contributed by atoms with Crippen LogP contribution in [0.25, 0.3) is 0 Å². The average Bonchev–Trinajstić information content (AvgIpc) is 2.27. The first-order chi connectivity index (χ1) is 8.71. The van der Waals surface area contributed by atoms with Gasteiger partial charge in [-0.1, -0.05) is 36.4 Å². The molecule has 0 aliphatic carbocycles. The van der Waals surface area contributed by atoms with Gasteiger partial charge in [-0.3, -0.25) is 0 Å². The largest absolute Gasteiger partial charge is 0.441 e. The molecular formula is C15H27NOSi2. The summed E-state index contributed by atoms with van der Waals surface area (Å²) in [6.07, 6.45) is 5.37. The summed E-state index contributed by atoms with van der Waals surface area (Å²) in [4.78, 5) is 0. The summed E-state index contributed by atoms with van der Waals surface area (Å²) in [5.41, 5.74) is 1.35. The standard InChI is InChI=1S/C15H27NOSi2/c1-16(19(5,6)17-18(2,3)4)14-10-13-15-11-8-7-9-12-15/h7-12,14H,13H2,1-6H3/b14-10+. The van der Waals surface area contributed by atoms with Gasteiger partial charge in [0, 0.05) is 0 Å². The van der Waals surface area contributed by atoms with Crippen LogP contribution in [0.3, 0.4) is 0 Å². The van der Waals surface area contributed by atoms with E-state index in [0.29, 0.717) is 0 Å². The van der Waals surface area contributed by atoms with Gasteiger partial charge >= 0.3 is 0 Å². The van der Waals surface area contributed by atoms with Crippen molar-refractivity contribution in [3.05, 3.63) is 48.2 Å². The summed E-state index contributed by atoms with van der Waals surface area (Å²) < 4.78 is 8.63. The van der Waals surface area contributed by atoms with E-state index in [2.05, 4.69) is 87.0 Å². The Morgan fingerprint density at radius 3 is 2.16 bits per heavy atom. The lowest BCUT2D eigenvalue weighted by Crippen LogP contribution is -2.52. The van der Waals surface area contributed by atoms with Crippen molar-refractivity contribution in [1.82, 2.24) is 4.57 Å². The van der Waals surface area contributed by atoms with Crippen LogP contribution in [0, 0.1) is 0 Å². The van der Waals surface area contributed by atoms with Crippen molar-refractivity contribution < 1.29 is 4.12 Å². The van der Waals surface area contributed by atoms with Crippen LogP contribution >= 0.6 is 0 Å². The first kappa shape index (κ1) is 16.2. The topological polar surface area (TPSA) is 12.5 Å². The molecular weight excluding hydrogens is 266 g/mol. The van der Waals surface area contributed by atoms with Gasteiger partial charge in [-0.15, -0.1) is 0 Å². The highest BCUT2D eigenvalue weighted by Gasteiger charge is 2.32. The first-order valence-corrected chi connectivity index (χ1v) is 13.1. The minimum atomic E-state index is -1.77. The Hall–Kier alpha value is -0.846. The fraction of sp³-hybridized carbons (Fsp3) is 0.467. The zero-order chi connectivity index (χ0) is 14.5. The Kier molecular flexibility index (Phi) is 5.58. The minimum absolute atomic E-state index is 0.975. The third-order valence-corrected chi connectivity index (χ3v) is 9.23. The lowest BCUT2D eigenvalue weighted by molar-refractivity contribution is 0.463. The van der Waals surface area contributed by atoms with E-state index in [0.717, 1.165) is 6.42 Å². The predicted molar refractivity (Wildman–Crippen MR) is 89.0 cm³/mol. The van der Waals surface area contributed by atoms with Crippen molar-refractivity contribution in [2.24, 2.45) is 0 Å². The summed E-state index contributed by atoms with van der Waals surface area (Å²) in [5, 5.41) is 0. The zero-order valence-electron chi connectivity index (χ0n) is 13.1. The van der Waals surface area contributed by atoms with Gasteiger partial charge in [0.2, 0.25) is 0 Å². The van der Waals surface area contributed by atoms with Crippen molar-refractivity contribution in [3.63, 3.8) is 0 Å². The second-order valence-electron chi connectivity index (χ2n) is 6.35. The molecule has 1 rings (SSSR count). The van der Waals surface area contributed by atoms with E-state index in [1.807, 2.05) is 0 Å². The molecule has 0 fully saturated rings. The molecule has 0 atom stereocenters. The number of benzene rings is 1. The van der Waals surface area contributed by atoms with E-state index >= 15 is 0 Å². The van der Waals surface area contributed by atoms with E-state index in [1.54, 1.807) is 0 Å². The van der Waals surface area contributed by atoms with Crippen LogP contribution in [0.15, 0.2) is 42.6 Å². The average molecular weight is 294 g/mol. The number of hydrogen-bond acceptors (Lipinski definition) is 2. The molecule has 0 saturated carbocycles. The SMILES string of the molecule is CN(/C=C/Cc1ccccc1)[Si](C)(C)O[Si](C)(C)C. The van der Waals surface area contributed by atoms with Crippen molar-refractivity contribution in [1.29, 1.82) is 0 Å². The molecule has 0 bridgehead atoms. The number of hydrogen-bond donors (Lipinski definition) is 0. The fourth-order valence-corrected chi connectivity index (χ4v) is 9.00. The molecule has 2 nitrogen and oxygen atoms in total. The summed E-state index contributed by atoms with van der Waals surface area (Å²) in [6.45, 7) is 11.3. The number of nitrogens with zero attached hydrogens (tertiary/aromatic N) is 1. The van der Waals surface area contributed by atoms with Crippen molar-refractivity contribution in [2.45, 2.75) is 39.2 Å². The van der Waals surface area contributed by atoms with Crippen molar-refractivity contribution in [3.8, 4) is 0 Å². The van der Waals surface area contributed by atoms with Gasteiger partial charge in [-0.25, -0.2) is 0 Å². The molecule has 0 N–H and O–H groups in total. The molecule has 106 valence electrons. The van der Waals surface area contributed by atoms with E-state index in [-0.39, 0.29) is 0 Å². The molecule has 4 heteroatoms. The third-order valence-electron chi connectivity index (χ3n) is 2.93. The third kappa shape index (κ3) is 6.23. The van der Waals surface area contributed by atoms with Crippen LogP contribution in [0.4, 0.5) is 0 Å². The van der Waals surface area contributed by atoms with E-state index in [4.69, 9.17) is 4.12 Å². The van der Waals surface area contributed by atoms with Gasteiger partial charge in [0.15, 0.2) is 8.32 Å². The summed E-state index contributed by atoms with van der Waals surface area (Å²) >= 11 is 0. The van der Waals surface area contributed by atoms with Gasteiger partial charge in [0.1, 0.15) is 0 Å². The second-order valence-corrected chi connectivity index (χ2v) is 15.0. The highest BCUT2D eigenvalue weighted by atomic mass is 28.4. The molecule has 0 aliphatic heterocycles. The molecule has 0 spiro atoms. The predicted octanol–water partition coefficient (Wildman–Crippen LogP) is 4.23. The van der Waals surface area contributed by atoms with Gasteiger partial charge in [0.25, 0.3) is 8.48 Å². The second kappa shape index (κ2) is 6.54. The molecule has 0 unspecified atom stereocenters. The van der Waals surface area contributed by atoms with Crippen molar-refractivity contribution in [2.75, 3.05) is 7.05 Å². The highest BCUT2D eigenvalue weighted by molar-refractivity contribution is 6.83. The maximum absolute atomic E-state index is 6.34. The molecule has 0 saturated heterocycles. The molecule has 0 radical (unpaired) electrons. The number of allylic oxidation sites excluding steroid dienone is 1. The smallest absolute Gasteiger partial charge is 0.283 e. The lowest BCUT2D eigenvalue weighted by atomic mass is 10.1. The van der Waals surface area contributed by atoms with Gasteiger partial charge < -0.3 is 8.68 Å². The first-order valence-electron chi connectivity index (χ1n) is 6.84. The Morgan fingerprint density at radius 2 is 1.63 bits per heavy atom. The van der Waals surface area contributed by atoms with Crippen LogP contribution in [-0.2, 0) is 10.5 Å². The van der Waals surface area contributed by atoms with Crippen LogP contribution in [0.5, 0.6) is 0 Å². The Bertz CT molecular complexity index is 410. The number of rotatable bonds is 6. The highest BCUT2D eigenvalue weighted by Crippen LogP contribution is 2.17. The Balaban J connectivity index is 2.56. The molecule has 0 aliphatic rings. The monoisotopic (exact) mass is 293 g/mol. The van der Waals surface area contributed by atoms with Gasteiger partial charge in [-0.2, -0.15) is 0 Å². The maximum Gasteiger partial charge on any atom is 0.283 e. The van der Waals surface area contributed by atoms with Crippen LogP contribution < -0.4 is 0 Å². The molecule has 0 aromatic heterocycles. The zero-order valence-corrected chi connectivity index (χ0v) is 15.1. The van der Waals surface area contributed by atoms with Crippen LogP contribution in [-0.4, -0.2) is 28.4 Å².